The van der Waals surface area contributed by atoms with Crippen LogP contribution in [0.15, 0.2) is 60.9 Å². The molecule has 4 aromatic heterocycles. The maximum Gasteiger partial charge on any atom is 0.257 e. The van der Waals surface area contributed by atoms with Gasteiger partial charge < -0.3 is 9.88 Å². The van der Waals surface area contributed by atoms with E-state index in [1.807, 2.05) is 48.9 Å². The van der Waals surface area contributed by atoms with Crippen molar-refractivity contribution in [1.29, 1.82) is 0 Å². The fourth-order valence-corrected chi connectivity index (χ4v) is 3.64. The molecule has 1 aromatic carbocycles. The lowest BCUT2D eigenvalue weighted by Crippen LogP contribution is -2.12. The van der Waals surface area contributed by atoms with Crippen molar-refractivity contribution in [3.8, 4) is 22.6 Å². The number of aromatic nitrogens is 6. The lowest BCUT2D eigenvalue weighted by atomic mass is 10.1. The van der Waals surface area contributed by atoms with Crippen LogP contribution in [0.25, 0.3) is 28.3 Å². The lowest BCUT2D eigenvalue weighted by molar-refractivity contribution is 0.102. The second-order valence-corrected chi connectivity index (χ2v) is 7.83. The normalized spacial score (nSPS) is 11.2. The van der Waals surface area contributed by atoms with Gasteiger partial charge in [-0.25, -0.2) is 19.5 Å². The number of anilines is 1. The highest BCUT2D eigenvalue weighted by Gasteiger charge is 2.18. The van der Waals surface area contributed by atoms with Crippen LogP contribution in [0.1, 0.15) is 16.2 Å². The molecule has 0 aliphatic heterocycles. The Balaban J connectivity index is 1.51. The minimum atomic E-state index is -0.730. The Hall–Kier alpha value is -4.11. The van der Waals surface area contributed by atoms with Gasteiger partial charge in [0.1, 0.15) is 11.5 Å². The number of amides is 1. The molecular weight excluding hydrogens is 445 g/mol. The fraction of sp³-hybridized carbons (Fsp3) is 0.0870. The van der Waals surface area contributed by atoms with E-state index in [0.717, 1.165) is 28.8 Å². The van der Waals surface area contributed by atoms with Gasteiger partial charge >= 0.3 is 0 Å². The number of hydrogen-bond donors (Lipinski definition) is 1. The predicted molar refractivity (Wildman–Crippen MR) is 123 cm³/mol. The van der Waals surface area contributed by atoms with E-state index < -0.39 is 11.9 Å². The number of fused-ring (bicyclic) bond motifs is 1. The predicted octanol–water partition coefficient (Wildman–Crippen LogP) is 4.55. The van der Waals surface area contributed by atoms with Gasteiger partial charge in [-0.15, -0.1) is 0 Å². The number of hydrogen-bond acceptors (Lipinski definition) is 5. The van der Waals surface area contributed by atoms with Gasteiger partial charge in [-0.2, -0.15) is 9.49 Å². The molecular formula is C23H17ClFN7O. The summed E-state index contributed by atoms with van der Waals surface area (Å²) < 4.78 is 16.9. The zero-order valence-electron chi connectivity index (χ0n) is 17.6. The molecule has 10 heteroatoms. The maximum absolute atomic E-state index is 13.3. The third kappa shape index (κ3) is 3.94. The molecule has 0 saturated heterocycles. The highest BCUT2D eigenvalue weighted by Crippen LogP contribution is 2.32. The van der Waals surface area contributed by atoms with Crippen molar-refractivity contribution in [3.05, 3.63) is 83.3 Å². The first-order valence-corrected chi connectivity index (χ1v) is 10.4. The van der Waals surface area contributed by atoms with Gasteiger partial charge in [-0.05, 0) is 37.3 Å². The fourth-order valence-electron chi connectivity index (χ4n) is 3.51. The number of pyridine rings is 1. The summed E-state index contributed by atoms with van der Waals surface area (Å²) in [4.78, 5) is 25.0. The summed E-state index contributed by atoms with van der Waals surface area (Å²) in [5.74, 6) is -0.0971. The number of carbonyl (C=O) groups is 1. The van der Waals surface area contributed by atoms with Crippen LogP contribution in [0, 0.1) is 12.9 Å². The molecule has 0 spiro atoms. The van der Waals surface area contributed by atoms with Crippen molar-refractivity contribution in [1.82, 2.24) is 29.1 Å². The van der Waals surface area contributed by atoms with Gasteiger partial charge in [-0.1, -0.05) is 23.7 Å². The number of halogens is 2. The minimum Gasteiger partial charge on any atom is -0.330 e. The van der Waals surface area contributed by atoms with E-state index in [2.05, 4.69) is 20.4 Å². The van der Waals surface area contributed by atoms with Crippen LogP contribution in [-0.4, -0.2) is 35.0 Å². The quantitative estimate of drug-likeness (QED) is 0.397. The average Bonchev–Trinajstić information content (AvgIpc) is 3.33. The van der Waals surface area contributed by atoms with Crippen LogP contribution < -0.4 is 5.32 Å². The van der Waals surface area contributed by atoms with Crippen molar-refractivity contribution >= 4 is 29.0 Å². The molecule has 0 saturated carbocycles. The summed E-state index contributed by atoms with van der Waals surface area (Å²) in [6.07, 6.45) is 2.83. The third-order valence-electron chi connectivity index (χ3n) is 5.23. The summed E-state index contributed by atoms with van der Waals surface area (Å²) in [5.41, 5.74) is 3.91. The summed E-state index contributed by atoms with van der Waals surface area (Å²) in [6.45, 7) is 1.92. The van der Waals surface area contributed by atoms with Crippen LogP contribution in [0.2, 0.25) is 5.02 Å². The van der Waals surface area contributed by atoms with Crippen molar-refractivity contribution in [2.45, 2.75) is 6.92 Å². The molecule has 1 N–H and O–H groups in total. The number of imidazole rings is 2. The molecule has 8 nitrogen and oxygen atoms in total. The Morgan fingerprint density at radius 1 is 1.09 bits per heavy atom. The van der Waals surface area contributed by atoms with E-state index in [-0.39, 0.29) is 5.56 Å². The largest absolute Gasteiger partial charge is 0.330 e. The number of nitrogens with zero attached hydrogens (tertiary/aromatic N) is 6. The molecule has 0 bridgehead atoms. The SMILES string of the molecule is Cc1nc(-c2ccc(Cl)cc2)c(-c2ccc3nc(NC(=O)c4ccnc(F)c4)cn3n2)n1C. The van der Waals surface area contributed by atoms with E-state index in [0.29, 0.717) is 22.2 Å². The smallest absolute Gasteiger partial charge is 0.257 e. The van der Waals surface area contributed by atoms with Gasteiger partial charge in [0.15, 0.2) is 11.5 Å². The molecule has 0 radical (unpaired) electrons. The molecule has 4 heterocycles. The summed E-state index contributed by atoms with van der Waals surface area (Å²) in [7, 11) is 1.93. The molecule has 0 atom stereocenters. The highest BCUT2D eigenvalue weighted by molar-refractivity contribution is 6.30. The number of benzene rings is 1. The molecule has 164 valence electrons. The van der Waals surface area contributed by atoms with Gasteiger partial charge in [-0.3, -0.25) is 4.79 Å². The third-order valence-corrected chi connectivity index (χ3v) is 5.48. The Morgan fingerprint density at radius 3 is 2.64 bits per heavy atom. The Kier molecular flexibility index (Phi) is 5.10. The first-order valence-electron chi connectivity index (χ1n) is 9.98. The van der Waals surface area contributed by atoms with Crippen LogP contribution in [0.5, 0.6) is 0 Å². The van der Waals surface area contributed by atoms with E-state index in [1.54, 1.807) is 16.8 Å². The zero-order valence-corrected chi connectivity index (χ0v) is 18.4. The van der Waals surface area contributed by atoms with Gasteiger partial charge in [0.25, 0.3) is 5.91 Å². The second-order valence-electron chi connectivity index (χ2n) is 7.39. The minimum absolute atomic E-state index is 0.145. The monoisotopic (exact) mass is 461 g/mol. The molecule has 0 aliphatic carbocycles. The molecule has 0 fully saturated rings. The van der Waals surface area contributed by atoms with Gasteiger partial charge in [0.2, 0.25) is 5.95 Å². The van der Waals surface area contributed by atoms with Crippen LogP contribution in [0.4, 0.5) is 10.2 Å². The lowest BCUT2D eigenvalue weighted by Gasteiger charge is -2.07. The molecule has 0 unspecified atom stereocenters. The second kappa shape index (κ2) is 8.10. The number of rotatable bonds is 4. The van der Waals surface area contributed by atoms with Crippen LogP contribution in [-0.2, 0) is 7.05 Å². The molecule has 5 aromatic rings. The number of carbonyl (C=O) groups excluding carboxylic acids is 1. The topological polar surface area (TPSA) is 90.0 Å². The first kappa shape index (κ1) is 20.8. The Bertz CT molecular complexity index is 1510. The van der Waals surface area contributed by atoms with Crippen molar-refractivity contribution in [3.63, 3.8) is 0 Å². The van der Waals surface area contributed by atoms with Crippen LogP contribution in [0.3, 0.4) is 0 Å². The molecule has 5 rings (SSSR count). The van der Waals surface area contributed by atoms with E-state index in [1.165, 1.54) is 12.3 Å². The highest BCUT2D eigenvalue weighted by atomic mass is 35.5. The van der Waals surface area contributed by atoms with Gasteiger partial charge in [0, 0.05) is 35.5 Å². The Labute approximate surface area is 192 Å². The average molecular weight is 462 g/mol. The van der Waals surface area contributed by atoms with E-state index in [9.17, 15) is 9.18 Å². The van der Waals surface area contributed by atoms with Crippen molar-refractivity contribution < 1.29 is 9.18 Å². The Morgan fingerprint density at radius 2 is 1.88 bits per heavy atom. The van der Waals surface area contributed by atoms with Crippen LogP contribution >= 0.6 is 11.6 Å². The zero-order chi connectivity index (χ0) is 23.1. The summed E-state index contributed by atoms with van der Waals surface area (Å²) in [6, 6.07) is 13.6. The molecule has 1 amide bonds. The molecule has 0 aliphatic rings. The maximum atomic E-state index is 13.3. The van der Waals surface area contributed by atoms with Gasteiger partial charge in [0.05, 0.1) is 17.6 Å². The van der Waals surface area contributed by atoms with Crippen molar-refractivity contribution in [2.24, 2.45) is 7.05 Å². The van der Waals surface area contributed by atoms with Crippen molar-refractivity contribution in [2.75, 3.05) is 5.32 Å². The summed E-state index contributed by atoms with van der Waals surface area (Å²) >= 11 is 6.04. The summed E-state index contributed by atoms with van der Waals surface area (Å²) in [5, 5.41) is 7.99. The molecule has 33 heavy (non-hydrogen) atoms. The number of nitrogens with one attached hydrogen (secondary N) is 1. The standard InChI is InChI=1S/C23H17ClFN7O/c1-13-27-21(14-3-5-16(24)6-4-14)22(31(13)2)17-7-8-20-28-19(12-32(20)30-17)29-23(33)15-9-10-26-18(25)11-15/h3-12H,1-2H3,(H,29,33). The van der Waals surface area contributed by atoms with E-state index >= 15 is 0 Å². The van der Waals surface area contributed by atoms with E-state index in [4.69, 9.17) is 16.6 Å². The number of aryl methyl sites for hydroxylation is 1. The first-order chi connectivity index (χ1) is 15.9.